The summed E-state index contributed by atoms with van der Waals surface area (Å²) in [5, 5.41) is 0. The molecule has 1 unspecified atom stereocenters. The molecule has 1 aromatic rings. The van der Waals surface area contributed by atoms with Crippen LogP contribution in [0, 0.1) is 5.92 Å². The molecule has 0 spiro atoms. The van der Waals surface area contributed by atoms with Crippen LogP contribution in [0.15, 0.2) is 70.1 Å². The molecule has 0 N–H and O–H groups in total. The van der Waals surface area contributed by atoms with E-state index in [1.807, 2.05) is 0 Å². The second kappa shape index (κ2) is 13.0. The van der Waals surface area contributed by atoms with Crippen molar-refractivity contribution in [2.45, 2.75) is 110 Å². The van der Waals surface area contributed by atoms with Gasteiger partial charge in [-0.05, 0) is 54.9 Å². The predicted octanol–water partition coefficient (Wildman–Crippen LogP) is 9.24. The maximum atomic E-state index is 6.29. The number of hydrogen-bond donors (Lipinski definition) is 0. The van der Waals surface area contributed by atoms with Crippen LogP contribution in [-0.4, -0.2) is 5.71 Å². The second-order valence-corrected chi connectivity index (χ2v) is 10.1. The molecule has 1 saturated carbocycles. The van der Waals surface area contributed by atoms with Crippen molar-refractivity contribution in [3.8, 4) is 0 Å². The Morgan fingerprint density at radius 2 is 1.55 bits per heavy atom. The van der Waals surface area contributed by atoms with E-state index in [-0.39, 0.29) is 0 Å². The Morgan fingerprint density at radius 3 is 2.30 bits per heavy atom. The summed E-state index contributed by atoms with van der Waals surface area (Å²) in [6.45, 7) is 2.91. The minimum atomic E-state index is 0.521. The minimum absolute atomic E-state index is 0.521. The molecule has 0 saturated heterocycles. The summed E-state index contributed by atoms with van der Waals surface area (Å²) in [7, 11) is 0. The fraction of sp³-hybridized carbons (Fsp3) is 0.581. The lowest BCUT2D eigenvalue weighted by atomic mass is 9.81. The largest absolute Gasteiger partial charge is 0.487 e. The van der Waals surface area contributed by atoms with Crippen LogP contribution in [0.2, 0.25) is 0 Å². The Morgan fingerprint density at radius 1 is 0.848 bits per heavy atom. The van der Waals surface area contributed by atoms with Gasteiger partial charge in [0.15, 0.2) is 0 Å². The summed E-state index contributed by atoms with van der Waals surface area (Å²) in [5.41, 5.74) is 6.77. The molecule has 4 rings (SSSR count). The van der Waals surface area contributed by atoms with Crippen LogP contribution >= 0.6 is 0 Å². The van der Waals surface area contributed by atoms with Crippen LogP contribution in [0.4, 0.5) is 0 Å². The van der Waals surface area contributed by atoms with Gasteiger partial charge in [0.25, 0.3) is 0 Å². The molecule has 2 aliphatic carbocycles. The summed E-state index contributed by atoms with van der Waals surface area (Å²) in [4.78, 5) is 5.12. The minimum Gasteiger partial charge on any atom is -0.487 e. The standard InChI is InChI=1S/C31H43NO/c1-2-3-4-5-6-7-8-9-10-14-19-26-22-23-29(33-24-25-17-12-11-13-18-25)31-30(26)27-20-15-16-21-28(27)32-31/h11-13,17-18,22-23,26H,2-10,14-16,19-21,24H2,1H3. The molecule has 0 amide bonds. The Kier molecular flexibility index (Phi) is 9.45. The zero-order valence-electron chi connectivity index (χ0n) is 20.8. The third-order valence-electron chi connectivity index (χ3n) is 7.46. The van der Waals surface area contributed by atoms with Gasteiger partial charge < -0.3 is 4.74 Å². The SMILES string of the molecule is CCCCCCCCCCCCC1C=CC(OCc2ccccc2)=C2N=C3CCCCC3=C21. The third kappa shape index (κ3) is 6.71. The first-order valence-electron chi connectivity index (χ1n) is 13.8. The number of unbranched alkanes of at least 4 members (excludes halogenated alkanes) is 9. The van der Waals surface area contributed by atoms with Crippen molar-refractivity contribution >= 4 is 5.71 Å². The molecule has 1 heterocycles. The van der Waals surface area contributed by atoms with E-state index in [1.54, 1.807) is 5.57 Å². The maximum absolute atomic E-state index is 6.29. The lowest BCUT2D eigenvalue weighted by Gasteiger charge is -2.24. The number of rotatable bonds is 14. The van der Waals surface area contributed by atoms with E-state index in [2.05, 4.69) is 49.4 Å². The number of nitrogens with zero attached hydrogens (tertiary/aromatic N) is 1. The first kappa shape index (κ1) is 24.0. The monoisotopic (exact) mass is 445 g/mol. The van der Waals surface area contributed by atoms with E-state index in [0.717, 1.165) is 17.9 Å². The normalized spacial score (nSPS) is 19.5. The van der Waals surface area contributed by atoms with Crippen molar-refractivity contribution in [1.29, 1.82) is 0 Å². The van der Waals surface area contributed by atoms with Crippen molar-refractivity contribution in [3.05, 3.63) is 70.6 Å². The van der Waals surface area contributed by atoms with E-state index >= 15 is 0 Å². The second-order valence-electron chi connectivity index (χ2n) is 10.1. The smallest absolute Gasteiger partial charge is 0.145 e. The Bertz CT molecular complexity index is 873. The molecule has 2 nitrogen and oxygen atoms in total. The quantitative estimate of drug-likeness (QED) is 0.261. The van der Waals surface area contributed by atoms with Crippen LogP contribution in [0.25, 0.3) is 0 Å². The predicted molar refractivity (Wildman–Crippen MR) is 140 cm³/mol. The Hall–Kier alpha value is -2.09. The number of fused-ring (bicyclic) bond motifs is 2. The highest BCUT2D eigenvalue weighted by Crippen LogP contribution is 2.44. The fourth-order valence-corrected chi connectivity index (χ4v) is 5.55. The van der Waals surface area contributed by atoms with Gasteiger partial charge in [-0.3, -0.25) is 0 Å². The zero-order chi connectivity index (χ0) is 22.7. The van der Waals surface area contributed by atoms with E-state index in [9.17, 15) is 0 Å². The van der Waals surface area contributed by atoms with Gasteiger partial charge >= 0.3 is 0 Å². The highest BCUT2D eigenvalue weighted by Gasteiger charge is 2.33. The lowest BCUT2D eigenvalue weighted by Crippen LogP contribution is -2.13. The van der Waals surface area contributed by atoms with Crippen molar-refractivity contribution in [1.82, 2.24) is 0 Å². The first-order chi connectivity index (χ1) is 16.4. The molecule has 2 heteroatoms. The Labute approximate surface area is 201 Å². The summed E-state index contributed by atoms with van der Waals surface area (Å²) in [6, 6.07) is 10.5. The molecule has 3 aliphatic rings. The molecule has 0 aromatic heterocycles. The van der Waals surface area contributed by atoms with Crippen LogP contribution < -0.4 is 0 Å². The highest BCUT2D eigenvalue weighted by molar-refractivity contribution is 6.05. The van der Waals surface area contributed by atoms with Crippen LogP contribution in [-0.2, 0) is 11.3 Å². The molecule has 178 valence electrons. The molecule has 33 heavy (non-hydrogen) atoms. The number of ether oxygens (including phenoxy) is 1. The van der Waals surface area contributed by atoms with Crippen molar-refractivity contribution in [2.75, 3.05) is 0 Å². The average molecular weight is 446 g/mol. The van der Waals surface area contributed by atoms with E-state index in [4.69, 9.17) is 9.73 Å². The molecule has 1 aliphatic heterocycles. The molecular weight excluding hydrogens is 402 g/mol. The van der Waals surface area contributed by atoms with E-state index in [1.165, 1.54) is 107 Å². The van der Waals surface area contributed by atoms with Gasteiger partial charge in [0.2, 0.25) is 0 Å². The van der Waals surface area contributed by atoms with E-state index < -0.39 is 0 Å². The summed E-state index contributed by atoms with van der Waals surface area (Å²) in [5.74, 6) is 1.50. The van der Waals surface area contributed by atoms with Gasteiger partial charge in [-0.15, -0.1) is 0 Å². The Balaban J connectivity index is 1.29. The third-order valence-corrected chi connectivity index (χ3v) is 7.46. The van der Waals surface area contributed by atoms with Crippen LogP contribution in [0.3, 0.4) is 0 Å². The van der Waals surface area contributed by atoms with Crippen LogP contribution in [0.5, 0.6) is 0 Å². The number of aliphatic imine (C=N–C) groups is 1. The van der Waals surface area contributed by atoms with Gasteiger partial charge in [0, 0.05) is 11.6 Å². The van der Waals surface area contributed by atoms with Gasteiger partial charge in [0.1, 0.15) is 18.1 Å². The van der Waals surface area contributed by atoms with E-state index in [0.29, 0.717) is 12.5 Å². The first-order valence-corrected chi connectivity index (χ1v) is 13.8. The number of allylic oxidation sites excluding steroid dienone is 4. The van der Waals surface area contributed by atoms with Crippen molar-refractivity contribution < 1.29 is 4.74 Å². The van der Waals surface area contributed by atoms with Gasteiger partial charge in [-0.1, -0.05) is 108 Å². The number of hydrogen-bond acceptors (Lipinski definition) is 2. The molecule has 0 bridgehead atoms. The fourth-order valence-electron chi connectivity index (χ4n) is 5.55. The molecule has 0 radical (unpaired) electrons. The van der Waals surface area contributed by atoms with Crippen molar-refractivity contribution in [3.63, 3.8) is 0 Å². The average Bonchev–Trinajstić information content (AvgIpc) is 3.25. The number of benzene rings is 1. The maximum Gasteiger partial charge on any atom is 0.145 e. The van der Waals surface area contributed by atoms with Gasteiger partial charge in [0.05, 0.1) is 0 Å². The molecule has 1 fully saturated rings. The van der Waals surface area contributed by atoms with Crippen molar-refractivity contribution in [2.24, 2.45) is 10.9 Å². The molecule has 1 aromatic carbocycles. The molecular formula is C31H43NO. The molecule has 1 atom stereocenters. The highest BCUT2D eigenvalue weighted by atomic mass is 16.5. The summed E-state index contributed by atoms with van der Waals surface area (Å²) >= 11 is 0. The van der Waals surface area contributed by atoms with Gasteiger partial charge in [-0.25, -0.2) is 4.99 Å². The van der Waals surface area contributed by atoms with Crippen LogP contribution in [0.1, 0.15) is 109 Å². The van der Waals surface area contributed by atoms with Gasteiger partial charge in [-0.2, -0.15) is 0 Å². The summed E-state index contributed by atoms with van der Waals surface area (Å²) in [6.07, 6.45) is 24.8. The zero-order valence-corrected chi connectivity index (χ0v) is 20.8. The lowest BCUT2D eigenvalue weighted by molar-refractivity contribution is 0.206. The summed E-state index contributed by atoms with van der Waals surface area (Å²) < 4.78 is 6.29. The topological polar surface area (TPSA) is 21.6 Å².